The minimum absolute atomic E-state index is 0.167. The van der Waals surface area contributed by atoms with Gasteiger partial charge in [0.25, 0.3) is 0 Å². The van der Waals surface area contributed by atoms with Crippen molar-refractivity contribution in [2.75, 3.05) is 0 Å². The van der Waals surface area contributed by atoms with Crippen LogP contribution in [0.25, 0.3) is 0 Å². The lowest BCUT2D eigenvalue weighted by Gasteiger charge is -2.24. The first-order valence-electron chi connectivity index (χ1n) is 7.39. The summed E-state index contributed by atoms with van der Waals surface area (Å²) in [5.41, 5.74) is 4.23. The lowest BCUT2D eigenvalue weighted by atomic mass is 9.81. The Balaban J connectivity index is 2.27. The smallest absolute Gasteiger partial charge is 0.104 e. The number of aliphatic hydroxyl groups is 1. The van der Waals surface area contributed by atoms with Crippen molar-refractivity contribution < 1.29 is 5.11 Å². The van der Waals surface area contributed by atoms with Crippen molar-refractivity contribution in [3.05, 3.63) is 69.7 Å². The molecule has 0 heterocycles. The second-order valence-corrected chi connectivity index (χ2v) is 6.68. The molecule has 0 aromatic heterocycles. The van der Waals surface area contributed by atoms with E-state index < -0.39 is 6.10 Å². The van der Waals surface area contributed by atoms with Gasteiger partial charge in [-0.15, -0.1) is 0 Å². The molecule has 0 bridgehead atoms. The van der Waals surface area contributed by atoms with Gasteiger partial charge >= 0.3 is 0 Å². The lowest BCUT2D eigenvalue weighted by molar-refractivity contribution is 0.220. The molecule has 0 radical (unpaired) electrons. The Bertz CT molecular complexity index is 614. The van der Waals surface area contributed by atoms with Gasteiger partial charge in [-0.1, -0.05) is 68.8 Å². The van der Waals surface area contributed by atoms with Crippen LogP contribution in [0.1, 0.15) is 55.5 Å². The van der Waals surface area contributed by atoms with E-state index in [1.54, 1.807) is 0 Å². The van der Waals surface area contributed by atoms with Crippen molar-refractivity contribution in [1.29, 1.82) is 0 Å². The summed E-state index contributed by atoms with van der Waals surface area (Å²) in [5, 5.41) is 11.2. The van der Waals surface area contributed by atoms with E-state index in [4.69, 9.17) is 11.6 Å². The third-order valence-corrected chi connectivity index (χ3v) is 4.81. The third kappa shape index (κ3) is 3.48. The average molecular weight is 303 g/mol. The van der Waals surface area contributed by atoms with Crippen LogP contribution in [0.4, 0.5) is 0 Å². The molecule has 0 aliphatic heterocycles. The van der Waals surface area contributed by atoms with Gasteiger partial charge in [-0.25, -0.2) is 0 Å². The summed E-state index contributed by atoms with van der Waals surface area (Å²) >= 11 is 6.04. The van der Waals surface area contributed by atoms with Crippen LogP contribution >= 0.6 is 11.6 Å². The summed E-state index contributed by atoms with van der Waals surface area (Å²) in [6.07, 6.45) is 0.477. The Morgan fingerprint density at radius 3 is 2.14 bits per heavy atom. The van der Waals surface area contributed by atoms with Crippen LogP contribution < -0.4 is 0 Å². The van der Waals surface area contributed by atoms with Crippen molar-refractivity contribution in [3.8, 4) is 0 Å². The largest absolute Gasteiger partial charge is 0.384 e. The average Bonchev–Trinajstić information content (AvgIpc) is 2.49. The van der Waals surface area contributed by atoms with E-state index in [0.29, 0.717) is 0 Å². The van der Waals surface area contributed by atoms with E-state index in [0.717, 1.165) is 28.1 Å². The zero-order chi connectivity index (χ0) is 15.6. The molecule has 0 spiro atoms. The van der Waals surface area contributed by atoms with E-state index in [1.165, 1.54) is 5.56 Å². The summed E-state index contributed by atoms with van der Waals surface area (Å²) in [6.45, 7) is 8.62. The molecule has 0 saturated heterocycles. The molecular weight excluding hydrogens is 280 g/mol. The van der Waals surface area contributed by atoms with E-state index in [9.17, 15) is 5.11 Å². The second kappa shape index (κ2) is 6.21. The quantitative estimate of drug-likeness (QED) is 0.799. The van der Waals surface area contributed by atoms with Gasteiger partial charge in [-0.05, 0) is 47.1 Å². The molecule has 1 nitrogen and oxygen atoms in total. The molecule has 0 aliphatic rings. The second-order valence-electron chi connectivity index (χ2n) is 6.27. The molecular formula is C19H23ClO. The number of aryl methyl sites for hydroxylation is 1. The Kier molecular flexibility index (Phi) is 4.75. The molecule has 0 saturated carbocycles. The molecule has 0 amide bonds. The van der Waals surface area contributed by atoms with Crippen molar-refractivity contribution in [2.24, 2.45) is 0 Å². The Hall–Kier alpha value is -1.31. The molecule has 2 rings (SSSR count). The topological polar surface area (TPSA) is 20.2 Å². The Morgan fingerprint density at radius 2 is 1.62 bits per heavy atom. The summed E-state index contributed by atoms with van der Waals surface area (Å²) < 4.78 is 0. The van der Waals surface area contributed by atoms with Crippen LogP contribution in [-0.2, 0) is 5.41 Å². The zero-order valence-electron chi connectivity index (χ0n) is 13.2. The Morgan fingerprint density at radius 1 is 1.05 bits per heavy atom. The summed E-state index contributed by atoms with van der Waals surface area (Å²) in [6, 6.07) is 13.9. The summed E-state index contributed by atoms with van der Waals surface area (Å²) in [5.74, 6) is 0. The summed E-state index contributed by atoms with van der Waals surface area (Å²) in [4.78, 5) is 0. The SMILES string of the molecule is CCC(C)(C)c1ccc(C(O)c2ccc(Cl)c(C)c2)cc1. The third-order valence-electron chi connectivity index (χ3n) is 4.39. The lowest BCUT2D eigenvalue weighted by Crippen LogP contribution is -2.15. The molecule has 1 N–H and O–H groups in total. The maximum absolute atomic E-state index is 10.5. The van der Waals surface area contributed by atoms with Crippen molar-refractivity contribution in [1.82, 2.24) is 0 Å². The van der Waals surface area contributed by atoms with E-state index in [-0.39, 0.29) is 5.41 Å². The number of hydrogen-bond donors (Lipinski definition) is 1. The molecule has 112 valence electrons. The van der Waals surface area contributed by atoms with Gasteiger partial charge < -0.3 is 5.11 Å². The fourth-order valence-corrected chi connectivity index (χ4v) is 2.47. The predicted octanol–water partition coefficient (Wildman–Crippen LogP) is 5.42. The first kappa shape index (κ1) is 16.1. The first-order valence-corrected chi connectivity index (χ1v) is 7.77. The maximum atomic E-state index is 10.5. The molecule has 1 atom stereocenters. The van der Waals surface area contributed by atoms with Crippen LogP contribution in [0.3, 0.4) is 0 Å². The number of benzene rings is 2. The van der Waals surface area contributed by atoms with Gasteiger partial charge in [0.1, 0.15) is 6.10 Å². The fraction of sp³-hybridized carbons (Fsp3) is 0.368. The van der Waals surface area contributed by atoms with E-state index >= 15 is 0 Å². The van der Waals surface area contributed by atoms with Crippen LogP contribution in [-0.4, -0.2) is 5.11 Å². The highest BCUT2D eigenvalue weighted by molar-refractivity contribution is 6.31. The number of hydrogen-bond acceptors (Lipinski definition) is 1. The van der Waals surface area contributed by atoms with Crippen LogP contribution in [0, 0.1) is 6.92 Å². The highest BCUT2D eigenvalue weighted by atomic mass is 35.5. The fourth-order valence-electron chi connectivity index (χ4n) is 2.35. The molecule has 2 aromatic carbocycles. The minimum atomic E-state index is -0.611. The van der Waals surface area contributed by atoms with Gasteiger partial charge in [0.15, 0.2) is 0 Å². The zero-order valence-corrected chi connectivity index (χ0v) is 13.9. The molecule has 0 aliphatic carbocycles. The van der Waals surface area contributed by atoms with Crippen LogP contribution in [0.5, 0.6) is 0 Å². The first-order chi connectivity index (χ1) is 9.85. The normalized spacial score (nSPS) is 13.2. The maximum Gasteiger partial charge on any atom is 0.104 e. The molecule has 1 unspecified atom stereocenters. The van der Waals surface area contributed by atoms with Crippen LogP contribution in [0.2, 0.25) is 5.02 Å². The van der Waals surface area contributed by atoms with Gasteiger partial charge in [-0.3, -0.25) is 0 Å². The highest BCUT2D eigenvalue weighted by Gasteiger charge is 2.18. The van der Waals surface area contributed by atoms with Gasteiger partial charge in [0.05, 0.1) is 0 Å². The predicted molar refractivity (Wildman–Crippen MR) is 90.0 cm³/mol. The van der Waals surface area contributed by atoms with E-state index in [1.807, 2.05) is 37.3 Å². The Labute approximate surface area is 132 Å². The number of rotatable bonds is 4. The number of aliphatic hydroxyl groups excluding tert-OH is 1. The van der Waals surface area contributed by atoms with Crippen molar-refractivity contribution >= 4 is 11.6 Å². The number of halogens is 1. The summed E-state index contributed by atoms with van der Waals surface area (Å²) in [7, 11) is 0. The van der Waals surface area contributed by atoms with Crippen LogP contribution in [0.15, 0.2) is 42.5 Å². The van der Waals surface area contributed by atoms with Gasteiger partial charge in [-0.2, -0.15) is 0 Å². The molecule has 2 aromatic rings. The molecule has 2 heteroatoms. The molecule has 0 fully saturated rings. The monoisotopic (exact) mass is 302 g/mol. The van der Waals surface area contributed by atoms with E-state index in [2.05, 4.69) is 32.9 Å². The standard InChI is InChI=1S/C19H23ClO/c1-5-19(3,4)16-9-6-14(7-10-16)18(21)15-8-11-17(20)13(2)12-15/h6-12,18,21H,5H2,1-4H3. The van der Waals surface area contributed by atoms with Gasteiger partial charge in [0.2, 0.25) is 0 Å². The van der Waals surface area contributed by atoms with Crippen molar-refractivity contribution in [3.63, 3.8) is 0 Å². The minimum Gasteiger partial charge on any atom is -0.384 e. The highest BCUT2D eigenvalue weighted by Crippen LogP contribution is 2.30. The molecule has 21 heavy (non-hydrogen) atoms. The van der Waals surface area contributed by atoms with Crippen molar-refractivity contribution in [2.45, 2.75) is 45.6 Å². The van der Waals surface area contributed by atoms with Gasteiger partial charge in [0, 0.05) is 5.02 Å².